The van der Waals surface area contributed by atoms with Crippen LogP contribution in [0.25, 0.3) is 0 Å². The molecule has 0 rings (SSSR count). The second-order valence-corrected chi connectivity index (χ2v) is 3.36. The predicted octanol–water partition coefficient (Wildman–Crippen LogP) is -3.87. The van der Waals surface area contributed by atoms with Crippen molar-refractivity contribution in [1.29, 1.82) is 0 Å². The number of aliphatic hydroxyl groups is 2. The van der Waals surface area contributed by atoms with Gasteiger partial charge >= 0.3 is 0 Å². The summed E-state index contributed by atoms with van der Waals surface area (Å²) >= 11 is 0. The number of rotatable bonds is 4. The second kappa shape index (κ2) is 14.3. The summed E-state index contributed by atoms with van der Waals surface area (Å²) in [5.41, 5.74) is 0. The number of nitrogens with one attached hydrogen (secondary N) is 2. The first-order valence-electron chi connectivity index (χ1n) is 4.34. The van der Waals surface area contributed by atoms with E-state index in [2.05, 4.69) is 0 Å². The molecule has 84 valence electrons. The van der Waals surface area contributed by atoms with Gasteiger partial charge < -0.3 is 25.5 Å². The number of aliphatic hydroxyl groups excluding tert-OH is 2. The summed E-state index contributed by atoms with van der Waals surface area (Å²) in [5, 5.41) is 16.4. The summed E-state index contributed by atoms with van der Waals surface area (Å²) in [6, 6.07) is 0. The molecule has 0 bridgehead atoms. The molecule has 5 nitrogen and oxygen atoms in total. The van der Waals surface area contributed by atoms with E-state index in [1.807, 2.05) is 28.2 Å². The predicted molar refractivity (Wildman–Crippen MR) is 50.2 cm³/mol. The molecule has 0 saturated carbocycles. The molecular formula is C8H24N2O3. The number of likely N-dealkylation sites (N-methyl/N-ethyl adjacent to an activating group) is 2. The van der Waals surface area contributed by atoms with E-state index in [1.54, 1.807) is 0 Å². The van der Waals surface area contributed by atoms with Crippen LogP contribution in [-0.4, -0.2) is 64.7 Å². The highest BCUT2D eigenvalue weighted by atomic mass is 16.3. The second-order valence-electron chi connectivity index (χ2n) is 3.36. The summed E-state index contributed by atoms with van der Waals surface area (Å²) in [7, 11) is 8.04. The molecule has 5 heteroatoms. The highest BCUT2D eigenvalue weighted by Gasteiger charge is 1.84. The van der Waals surface area contributed by atoms with E-state index in [-0.39, 0.29) is 5.48 Å². The lowest BCUT2D eigenvalue weighted by atomic mass is 10.6. The van der Waals surface area contributed by atoms with Gasteiger partial charge in [-0.1, -0.05) is 0 Å². The number of hydrogen-bond acceptors (Lipinski definition) is 2. The fourth-order valence-electron chi connectivity index (χ4n) is 0.447. The summed E-state index contributed by atoms with van der Waals surface area (Å²) in [4.78, 5) is 2.58. The maximum absolute atomic E-state index is 8.22. The van der Waals surface area contributed by atoms with Crippen LogP contribution in [0.15, 0.2) is 0 Å². The van der Waals surface area contributed by atoms with Crippen molar-refractivity contribution in [1.82, 2.24) is 0 Å². The van der Waals surface area contributed by atoms with Gasteiger partial charge in [0.15, 0.2) is 0 Å². The molecule has 13 heavy (non-hydrogen) atoms. The molecule has 4 N–H and O–H groups in total. The van der Waals surface area contributed by atoms with Crippen LogP contribution in [0.2, 0.25) is 0 Å². The molecule has 0 amide bonds. The first kappa shape index (κ1) is 18.6. The Hall–Kier alpha value is -0.200. The molecule has 0 aliphatic rings. The number of quaternary nitrogens is 2. The van der Waals surface area contributed by atoms with Crippen molar-refractivity contribution >= 4 is 0 Å². The van der Waals surface area contributed by atoms with Crippen molar-refractivity contribution in [3.63, 3.8) is 0 Å². The minimum absolute atomic E-state index is 0. The lowest BCUT2D eigenvalue weighted by Gasteiger charge is -2.00. The Morgan fingerprint density at radius 1 is 0.769 bits per heavy atom. The molecular weight excluding hydrogens is 172 g/mol. The minimum Gasteiger partial charge on any atom is -2.00 e. The minimum atomic E-state index is 0. The third kappa shape index (κ3) is 33.7. The maximum atomic E-state index is 8.22. The topological polar surface area (TPSA) is 77.8 Å². The fraction of sp³-hybridized carbons (Fsp3) is 1.00. The van der Waals surface area contributed by atoms with E-state index >= 15 is 0 Å². The van der Waals surface area contributed by atoms with Gasteiger partial charge in [-0.3, -0.25) is 0 Å². The molecule has 0 aliphatic carbocycles. The lowest BCUT2D eigenvalue weighted by Crippen LogP contribution is -3.06. The van der Waals surface area contributed by atoms with Crippen LogP contribution >= 0.6 is 0 Å². The van der Waals surface area contributed by atoms with Gasteiger partial charge in [-0.15, -0.1) is 0 Å². The average molecular weight is 196 g/mol. The summed E-state index contributed by atoms with van der Waals surface area (Å²) < 4.78 is 0. The molecule has 0 fully saturated rings. The van der Waals surface area contributed by atoms with Crippen LogP contribution in [0, 0.1) is 0 Å². The van der Waals surface area contributed by atoms with Gasteiger partial charge in [0.05, 0.1) is 41.4 Å². The summed E-state index contributed by atoms with van der Waals surface area (Å²) in [6.45, 7) is 2.28. The molecule has 0 radical (unpaired) electrons. The molecule has 0 aliphatic heterocycles. The van der Waals surface area contributed by atoms with E-state index in [0.717, 1.165) is 13.1 Å². The molecule has 0 spiro atoms. The molecule has 0 aromatic heterocycles. The summed E-state index contributed by atoms with van der Waals surface area (Å²) in [5.74, 6) is 0. The van der Waals surface area contributed by atoms with E-state index in [9.17, 15) is 0 Å². The Balaban J connectivity index is -0.000000143. The summed E-state index contributed by atoms with van der Waals surface area (Å²) in [6.07, 6.45) is 0. The van der Waals surface area contributed by atoms with Crippen LogP contribution in [0.5, 0.6) is 0 Å². The Bertz CT molecular complexity index is 69.8. The maximum Gasteiger partial charge on any atom is 0.100 e. The SMILES string of the molecule is C[NH+](C)CCO.C[NH+](C)CCO.[O-2]. The Kier molecular flexibility index (Phi) is 20.5. The van der Waals surface area contributed by atoms with Crippen molar-refractivity contribution in [2.75, 3.05) is 54.5 Å². The third-order valence-corrected chi connectivity index (χ3v) is 1.22. The highest BCUT2D eigenvalue weighted by Crippen LogP contribution is 1.36. The zero-order chi connectivity index (χ0) is 9.98. The van der Waals surface area contributed by atoms with Crippen LogP contribution in [-0.2, 0) is 5.48 Å². The standard InChI is InChI=1S/2C4H11NO.O/c2*1-5(2)3-4-6;/h2*6H,3-4H2,1-2H3;/q;;-2/p+2. The Labute approximate surface area is 80.9 Å². The highest BCUT2D eigenvalue weighted by molar-refractivity contribution is 4.10. The Morgan fingerprint density at radius 2 is 1.00 bits per heavy atom. The smallest absolute Gasteiger partial charge is 0.100 e. The quantitative estimate of drug-likeness (QED) is 0.371. The van der Waals surface area contributed by atoms with Crippen LogP contribution in [0.1, 0.15) is 0 Å². The van der Waals surface area contributed by atoms with Gasteiger partial charge in [0.25, 0.3) is 0 Å². The van der Waals surface area contributed by atoms with E-state index in [4.69, 9.17) is 10.2 Å². The van der Waals surface area contributed by atoms with Crippen molar-refractivity contribution < 1.29 is 25.5 Å². The molecule has 0 aromatic carbocycles. The first-order chi connectivity index (χ1) is 5.54. The fourth-order valence-corrected chi connectivity index (χ4v) is 0.447. The van der Waals surface area contributed by atoms with Crippen molar-refractivity contribution in [2.45, 2.75) is 0 Å². The average Bonchev–Trinajstić information content (AvgIpc) is 1.87. The van der Waals surface area contributed by atoms with E-state index < -0.39 is 0 Å². The van der Waals surface area contributed by atoms with E-state index in [0.29, 0.717) is 13.2 Å². The van der Waals surface area contributed by atoms with Gasteiger partial charge in [0.1, 0.15) is 13.1 Å². The first-order valence-corrected chi connectivity index (χ1v) is 4.34. The van der Waals surface area contributed by atoms with Gasteiger partial charge in [0, 0.05) is 0 Å². The molecule has 0 unspecified atom stereocenters. The van der Waals surface area contributed by atoms with E-state index in [1.165, 1.54) is 9.80 Å². The van der Waals surface area contributed by atoms with Crippen LogP contribution in [0.3, 0.4) is 0 Å². The molecule has 0 aromatic rings. The van der Waals surface area contributed by atoms with Crippen molar-refractivity contribution in [3.8, 4) is 0 Å². The monoisotopic (exact) mass is 196 g/mol. The Morgan fingerprint density at radius 3 is 1.00 bits per heavy atom. The van der Waals surface area contributed by atoms with Gasteiger partial charge in [-0.2, -0.15) is 0 Å². The molecule has 0 atom stereocenters. The normalized spacial score (nSPS) is 9.23. The largest absolute Gasteiger partial charge is 2.00 e. The van der Waals surface area contributed by atoms with Crippen LogP contribution < -0.4 is 9.80 Å². The van der Waals surface area contributed by atoms with Gasteiger partial charge in [-0.05, 0) is 0 Å². The molecule has 0 saturated heterocycles. The molecule has 0 heterocycles. The lowest BCUT2D eigenvalue weighted by molar-refractivity contribution is -0.858. The van der Waals surface area contributed by atoms with Crippen LogP contribution in [0.4, 0.5) is 0 Å². The van der Waals surface area contributed by atoms with Gasteiger partial charge in [-0.25, -0.2) is 0 Å². The van der Waals surface area contributed by atoms with Crippen molar-refractivity contribution in [3.05, 3.63) is 0 Å². The van der Waals surface area contributed by atoms with Crippen molar-refractivity contribution in [2.24, 2.45) is 0 Å². The third-order valence-electron chi connectivity index (χ3n) is 1.22. The van der Waals surface area contributed by atoms with Gasteiger partial charge in [0.2, 0.25) is 0 Å². The zero-order valence-electron chi connectivity index (χ0n) is 9.13. The zero-order valence-corrected chi connectivity index (χ0v) is 9.13. The number of hydrogen-bond donors (Lipinski definition) is 4.